The normalized spacial score (nSPS) is 13.2. The van der Waals surface area contributed by atoms with Crippen LogP contribution in [0.25, 0.3) is 0 Å². The number of halogens is 4. The second-order valence-corrected chi connectivity index (χ2v) is 5.98. The van der Waals surface area contributed by atoms with Crippen LogP contribution in [-0.4, -0.2) is 36.1 Å². The van der Waals surface area contributed by atoms with Crippen molar-refractivity contribution in [1.29, 1.82) is 0 Å². The zero-order valence-corrected chi connectivity index (χ0v) is 15.6. The van der Waals surface area contributed by atoms with Crippen LogP contribution in [0, 0.1) is 0 Å². The third-order valence-electron chi connectivity index (χ3n) is 3.60. The minimum absolute atomic E-state index is 0.0790. The van der Waals surface area contributed by atoms with E-state index in [2.05, 4.69) is 30.9 Å². The summed E-state index contributed by atoms with van der Waals surface area (Å²) < 4.78 is 37.9. The van der Waals surface area contributed by atoms with Gasteiger partial charge in [-0.05, 0) is 24.6 Å². The second-order valence-electron chi connectivity index (χ2n) is 5.58. The Kier molecular flexibility index (Phi) is 7.23. The summed E-state index contributed by atoms with van der Waals surface area (Å²) in [5, 5.41) is 9.65. The molecule has 0 saturated carbocycles. The van der Waals surface area contributed by atoms with Crippen molar-refractivity contribution in [3.8, 4) is 0 Å². The smallest absolute Gasteiger partial charge is 0.355 e. The molecule has 1 heterocycles. The van der Waals surface area contributed by atoms with Crippen molar-refractivity contribution in [2.45, 2.75) is 19.1 Å². The van der Waals surface area contributed by atoms with Gasteiger partial charge < -0.3 is 16.0 Å². The zero-order chi connectivity index (χ0) is 19.9. The SMILES string of the molecule is CN=C(NCCNc1nccc(C(F)(F)F)n1)NC(C)c1ccccc1Cl. The van der Waals surface area contributed by atoms with Gasteiger partial charge in [-0.25, -0.2) is 9.97 Å². The average Bonchev–Trinajstić information content (AvgIpc) is 2.64. The molecule has 2 rings (SSSR count). The molecular weight excluding hydrogens is 381 g/mol. The average molecular weight is 401 g/mol. The number of aliphatic imine (C=N–C) groups is 1. The van der Waals surface area contributed by atoms with E-state index in [0.29, 0.717) is 24.1 Å². The fourth-order valence-corrected chi connectivity index (χ4v) is 2.56. The summed E-state index contributed by atoms with van der Waals surface area (Å²) in [6, 6.07) is 8.22. The number of aromatic nitrogens is 2. The first-order chi connectivity index (χ1) is 12.8. The highest BCUT2D eigenvalue weighted by atomic mass is 35.5. The van der Waals surface area contributed by atoms with E-state index < -0.39 is 11.9 Å². The van der Waals surface area contributed by atoms with Gasteiger partial charge in [0.2, 0.25) is 5.95 Å². The Morgan fingerprint density at radius 1 is 1.22 bits per heavy atom. The molecule has 0 aliphatic carbocycles. The molecule has 27 heavy (non-hydrogen) atoms. The lowest BCUT2D eigenvalue weighted by Gasteiger charge is -2.19. The van der Waals surface area contributed by atoms with E-state index in [4.69, 9.17) is 11.6 Å². The molecule has 0 amide bonds. The minimum atomic E-state index is -4.50. The van der Waals surface area contributed by atoms with E-state index >= 15 is 0 Å². The van der Waals surface area contributed by atoms with Gasteiger partial charge in [0.25, 0.3) is 0 Å². The quantitative estimate of drug-likeness (QED) is 0.393. The number of hydrogen-bond acceptors (Lipinski definition) is 4. The van der Waals surface area contributed by atoms with Crippen molar-refractivity contribution in [1.82, 2.24) is 20.6 Å². The molecule has 6 nitrogen and oxygen atoms in total. The molecule has 0 saturated heterocycles. The highest BCUT2D eigenvalue weighted by Crippen LogP contribution is 2.27. The van der Waals surface area contributed by atoms with E-state index in [1.807, 2.05) is 31.2 Å². The number of guanidine groups is 1. The Balaban J connectivity index is 1.83. The number of rotatable bonds is 6. The van der Waals surface area contributed by atoms with Crippen LogP contribution in [0.2, 0.25) is 5.02 Å². The molecule has 2 aromatic rings. The number of hydrogen-bond donors (Lipinski definition) is 3. The van der Waals surface area contributed by atoms with Gasteiger partial charge in [-0.3, -0.25) is 4.99 Å². The van der Waals surface area contributed by atoms with Crippen LogP contribution in [0.5, 0.6) is 0 Å². The standard InChI is InChI=1S/C17H20ClF3N6/c1-11(12-5-3-4-6-13(12)18)26-15(22-2)24-9-10-25-16-23-8-7-14(27-16)17(19,20)21/h3-8,11H,9-10H2,1-2H3,(H2,22,24,26)(H,23,25,27). The Morgan fingerprint density at radius 3 is 2.63 bits per heavy atom. The van der Waals surface area contributed by atoms with Gasteiger partial charge in [0.1, 0.15) is 5.69 Å². The monoisotopic (exact) mass is 400 g/mol. The summed E-state index contributed by atoms with van der Waals surface area (Å²) in [6.45, 7) is 2.65. The number of nitrogens with zero attached hydrogens (tertiary/aromatic N) is 3. The summed E-state index contributed by atoms with van der Waals surface area (Å²) in [6.07, 6.45) is -3.43. The largest absolute Gasteiger partial charge is 0.433 e. The first-order valence-corrected chi connectivity index (χ1v) is 8.54. The third-order valence-corrected chi connectivity index (χ3v) is 3.94. The Hall–Kier alpha value is -2.55. The van der Waals surface area contributed by atoms with Crippen molar-refractivity contribution < 1.29 is 13.2 Å². The van der Waals surface area contributed by atoms with E-state index in [0.717, 1.165) is 17.8 Å². The summed E-state index contributed by atoms with van der Waals surface area (Å²) >= 11 is 6.18. The fourth-order valence-electron chi connectivity index (χ4n) is 2.26. The molecule has 1 aromatic heterocycles. The minimum Gasteiger partial charge on any atom is -0.355 e. The first kappa shape index (κ1) is 20.8. The molecule has 0 aliphatic rings. The Morgan fingerprint density at radius 2 is 1.96 bits per heavy atom. The van der Waals surface area contributed by atoms with Gasteiger partial charge in [0.05, 0.1) is 6.04 Å². The third kappa shape index (κ3) is 6.28. The highest BCUT2D eigenvalue weighted by Gasteiger charge is 2.32. The van der Waals surface area contributed by atoms with Crippen LogP contribution in [-0.2, 0) is 6.18 Å². The van der Waals surface area contributed by atoms with Crippen molar-refractivity contribution in [3.63, 3.8) is 0 Å². The number of nitrogens with one attached hydrogen (secondary N) is 3. The second kappa shape index (κ2) is 9.40. The first-order valence-electron chi connectivity index (χ1n) is 8.17. The number of anilines is 1. The van der Waals surface area contributed by atoms with Gasteiger partial charge in [-0.1, -0.05) is 29.8 Å². The summed E-state index contributed by atoms with van der Waals surface area (Å²) in [4.78, 5) is 11.3. The van der Waals surface area contributed by atoms with Gasteiger partial charge in [0.15, 0.2) is 5.96 Å². The van der Waals surface area contributed by atoms with Crippen LogP contribution in [0.15, 0.2) is 41.5 Å². The van der Waals surface area contributed by atoms with E-state index in [-0.39, 0.29) is 12.0 Å². The maximum Gasteiger partial charge on any atom is 0.433 e. The van der Waals surface area contributed by atoms with Crippen molar-refractivity contribution in [3.05, 3.63) is 52.8 Å². The van der Waals surface area contributed by atoms with E-state index in [9.17, 15) is 13.2 Å². The maximum absolute atomic E-state index is 12.6. The van der Waals surface area contributed by atoms with Gasteiger partial charge >= 0.3 is 6.18 Å². The van der Waals surface area contributed by atoms with Crippen LogP contribution < -0.4 is 16.0 Å². The van der Waals surface area contributed by atoms with E-state index in [1.54, 1.807) is 7.05 Å². The number of benzene rings is 1. The molecule has 0 bridgehead atoms. The zero-order valence-electron chi connectivity index (χ0n) is 14.8. The van der Waals surface area contributed by atoms with Crippen molar-refractivity contribution >= 4 is 23.5 Å². The van der Waals surface area contributed by atoms with Gasteiger partial charge in [-0.15, -0.1) is 0 Å². The van der Waals surface area contributed by atoms with Gasteiger partial charge in [0, 0.05) is 31.4 Å². The molecule has 3 N–H and O–H groups in total. The molecule has 146 valence electrons. The van der Waals surface area contributed by atoms with E-state index in [1.165, 1.54) is 0 Å². The molecule has 1 atom stereocenters. The Labute approximate surface area is 160 Å². The van der Waals surface area contributed by atoms with Crippen molar-refractivity contribution in [2.24, 2.45) is 4.99 Å². The summed E-state index contributed by atoms with van der Waals surface area (Å²) in [5.41, 5.74) is -0.0587. The highest BCUT2D eigenvalue weighted by molar-refractivity contribution is 6.31. The number of alkyl halides is 3. The lowest BCUT2D eigenvalue weighted by Crippen LogP contribution is -2.40. The maximum atomic E-state index is 12.6. The van der Waals surface area contributed by atoms with Crippen molar-refractivity contribution in [2.75, 3.05) is 25.5 Å². The predicted molar refractivity (Wildman–Crippen MR) is 99.9 cm³/mol. The predicted octanol–water partition coefficient (Wildman–Crippen LogP) is 3.49. The van der Waals surface area contributed by atoms with Crippen LogP contribution in [0.3, 0.4) is 0 Å². The topological polar surface area (TPSA) is 74.2 Å². The molecule has 0 radical (unpaired) electrons. The summed E-state index contributed by atoms with van der Waals surface area (Å²) in [7, 11) is 1.62. The summed E-state index contributed by atoms with van der Waals surface area (Å²) in [5.74, 6) is 0.452. The molecule has 10 heteroatoms. The molecule has 1 unspecified atom stereocenters. The molecule has 0 fully saturated rings. The molecular formula is C17H20ClF3N6. The fraction of sp³-hybridized carbons (Fsp3) is 0.353. The van der Waals surface area contributed by atoms with Crippen LogP contribution in [0.1, 0.15) is 24.2 Å². The van der Waals surface area contributed by atoms with Crippen LogP contribution in [0.4, 0.5) is 19.1 Å². The Bertz CT molecular complexity index is 781. The van der Waals surface area contributed by atoms with Gasteiger partial charge in [-0.2, -0.15) is 13.2 Å². The van der Waals surface area contributed by atoms with Crippen LogP contribution >= 0.6 is 11.6 Å². The molecule has 0 spiro atoms. The lowest BCUT2D eigenvalue weighted by molar-refractivity contribution is -0.141. The lowest BCUT2D eigenvalue weighted by atomic mass is 10.1. The molecule has 0 aliphatic heterocycles. The molecule has 1 aromatic carbocycles.